The van der Waals surface area contributed by atoms with Crippen molar-refractivity contribution in [1.29, 1.82) is 0 Å². The molecule has 0 aromatic carbocycles. The maximum atomic E-state index is 14.3. The minimum absolute atomic E-state index is 0.0168. The first kappa shape index (κ1) is 30.8. The van der Waals surface area contributed by atoms with Crippen molar-refractivity contribution in [3.63, 3.8) is 0 Å². The standard InChI is InChI=1S/C27H34F6N4O5/c1-40-22-14-41-6-3-21(22)35-19-9-18-13-37(24(39)42-7-4-26(28,29)30)15-25(18,10-19)23(38)36-5-2-20-16(12-36)8-17(11-34-20)27(31,32)33/h8,11,18-19,21-22,35H,2-7,9-10,12-15H2,1H3/t18-,19+,21?,22?,25-/m1/s1. The van der Waals surface area contributed by atoms with Gasteiger partial charge in [-0.25, -0.2) is 4.79 Å². The molecule has 0 bridgehead atoms. The summed E-state index contributed by atoms with van der Waals surface area (Å²) in [6.45, 7) is 0.418. The Morgan fingerprint density at radius 3 is 2.71 bits per heavy atom. The van der Waals surface area contributed by atoms with E-state index in [1.807, 2.05) is 0 Å². The van der Waals surface area contributed by atoms with E-state index < -0.39 is 42.5 Å². The number of hydrogen-bond acceptors (Lipinski definition) is 7. The summed E-state index contributed by atoms with van der Waals surface area (Å²) >= 11 is 0. The molecular weight excluding hydrogens is 574 g/mol. The van der Waals surface area contributed by atoms with Crippen LogP contribution in [-0.2, 0) is 38.1 Å². The normalized spacial score (nSPS) is 29.8. The summed E-state index contributed by atoms with van der Waals surface area (Å²) in [7, 11) is 1.60. The highest BCUT2D eigenvalue weighted by Gasteiger charge is 2.60. The lowest BCUT2D eigenvalue weighted by Crippen LogP contribution is -2.52. The third-order valence-electron chi connectivity index (χ3n) is 8.88. The van der Waals surface area contributed by atoms with E-state index in [0.717, 1.165) is 12.3 Å². The SMILES string of the molecule is COC1COCCC1N[C@H]1C[C@@H]2CN(C(=O)OCCC(F)(F)F)C[C@]2(C(=O)N2CCc3ncc(C(F)(F)F)cc3C2)C1. The molecule has 3 aliphatic heterocycles. The van der Waals surface area contributed by atoms with Gasteiger partial charge in [0.25, 0.3) is 0 Å². The van der Waals surface area contributed by atoms with Crippen LogP contribution in [0.2, 0.25) is 0 Å². The Hall–Kier alpha value is -2.65. The highest BCUT2D eigenvalue weighted by Crippen LogP contribution is 2.51. The van der Waals surface area contributed by atoms with Crippen molar-refractivity contribution < 1.29 is 50.1 Å². The topological polar surface area (TPSA) is 93.2 Å². The molecule has 5 atom stereocenters. The molecule has 1 aromatic rings. The number of alkyl halides is 6. The van der Waals surface area contributed by atoms with E-state index in [9.17, 15) is 35.9 Å². The average molecular weight is 609 g/mol. The number of fused-ring (bicyclic) bond motifs is 2. The Kier molecular flexibility index (Phi) is 8.65. The zero-order valence-electron chi connectivity index (χ0n) is 23.1. The Morgan fingerprint density at radius 1 is 1.21 bits per heavy atom. The molecule has 0 radical (unpaired) electrons. The smallest absolute Gasteiger partial charge is 0.417 e. The molecule has 1 aromatic heterocycles. The van der Waals surface area contributed by atoms with Crippen molar-refractivity contribution in [2.24, 2.45) is 11.3 Å². The lowest BCUT2D eigenvalue weighted by molar-refractivity contribution is -0.143. The predicted octanol–water partition coefficient (Wildman–Crippen LogP) is 3.55. The number of amides is 2. The maximum absolute atomic E-state index is 14.3. The zero-order valence-corrected chi connectivity index (χ0v) is 23.1. The van der Waals surface area contributed by atoms with Gasteiger partial charge < -0.3 is 29.3 Å². The van der Waals surface area contributed by atoms with Crippen molar-refractivity contribution in [2.75, 3.05) is 46.6 Å². The first-order valence-corrected chi connectivity index (χ1v) is 14.0. The maximum Gasteiger partial charge on any atom is 0.417 e. The molecule has 234 valence electrons. The predicted molar refractivity (Wildman–Crippen MR) is 134 cm³/mol. The fraction of sp³-hybridized carbons (Fsp3) is 0.741. The Bertz CT molecular complexity index is 1170. The van der Waals surface area contributed by atoms with Gasteiger partial charge in [0.15, 0.2) is 0 Å². The van der Waals surface area contributed by atoms with Gasteiger partial charge in [-0.05, 0) is 36.8 Å². The summed E-state index contributed by atoms with van der Waals surface area (Å²) in [5.74, 6) is -0.611. The first-order valence-electron chi connectivity index (χ1n) is 14.0. The number of carbonyl (C=O) groups is 2. The van der Waals surface area contributed by atoms with E-state index >= 15 is 0 Å². The fourth-order valence-corrected chi connectivity index (χ4v) is 6.82. The summed E-state index contributed by atoms with van der Waals surface area (Å²) in [6.07, 6.45) is -8.79. The van der Waals surface area contributed by atoms with Gasteiger partial charge in [0.1, 0.15) is 6.61 Å². The van der Waals surface area contributed by atoms with Gasteiger partial charge in [0.2, 0.25) is 5.91 Å². The van der Waals surface area contributed by atoms with E-state index in [1.54, 1.807) is 7.11 Å². The number of likely N-dealkylation sites (tertiary alicyclic amines) is 1. The number of hydrogen-bond donors (Lipinski definition) is 1. The third kappa shape index (κ3) is 6.47. The highest BCUT2D eigenvalue weighted by atomic mass is 19.4. The van der Waals surface area contributed by atoms with Crippen LogP contribution in [0.15, 0.2) is 12.3 Å². The van der Waals surface area contributed by atoms with E-state index in [4.69, 9.17) is 14.2 Å². The molecule has 2 saturated heterocycles. The van der Waals surface area contributed by atoms with E-state index in [-0.39, 0.29) is 62.6 Å². The van der Waals surface area contributed by atoms with Crippen LogP contribution < -0.4 is 5.32 Å². The van der Waals surface area contributed by atoms with Crippen LogP contribution in [-0.4, -0.2) is 97.7 Å². The summed E-state index contributed by atoms with van der Waals surface area (Å²) in [6, 6.07) is 0.890. The molecule has 15 heteroatoms. The number of rotatable bonds is 6. The second-order valence-electron chi connectivity index (χ2n) is 11.6. The number of aromatic nitrogens is 1. The average Bonchev–Trinajstić information content (AvgIpc) is 3.46. The molecule has 2 amide bonds. The molecule has 1 saturated carbocycles. The number of ether oxygens (including phenoxy) is 3. The summed E-state index contributed by atoms with van der Waals surface area (Å²) < 4.78 is 93.7. The third-order valence-corrected chi connectivity index (χ3v) is 8.88. The summed E-state index contributed by atoms with van der Waals surface area (Å²) in [4.78, 5) is 33.8. The van der Waals surface area contributed by atoms with Crippen LogP contribution in [0, 0.1) is 11.3 Å². The Balaban J connectivity index is 1.34. The van der Waals surface area contributed by atoms with Crippen LogP contribution in [0.3, 0.4) is 0 Å². The van der Waals surface area contributed by atoms with Gasteiger partial charge in [-0.15, -0.1) is 0 Å². The number of pyridine rings is 1. The monoisotopic (exact) mass is 608 g/mol. The number of carbonyl (C=O) groups excluding carboxylic acids is 2. The molecule has 1 N–H and O–H groups in total. The van der Waals surface area contributed by atoms with Crippen LogP contribution in [0.4, 0.5) is 31.1 Å². The van der Waals surface area contributed by atoms with Crippen molar-refractivity contribution >= 4 is 12.0 Å². The quantitative estimate of drug-likeness (QED) is 0.494. The first-order chi connectivity index (χ1) is 19.8. The highest BCUT2D eigenvalue weighted by molar-refractivity contribution is 5.86. The largest absolute Gasteiger partial charge is 0.449 e. The van der Waals surface area contributed by atoms with E-state index in [1.165, 1.54) is 9.80 Å². The van der Waals surface area contributed by atoms with E-state index in [0.29, 0.717) is 43.7 Å². The molecular formula is C27H34F6N4O5. The molecule has 5 rings (SSSR count). The van der Waals surface area contributed by atoms with Crippen molar-refractivity contribution in [3.8, 4) is 0 Å². The van der Waals surface area contributed by atoms with Gasteiger partial charge in [-0.2, -0.15) is 26.3 Å². The summed E-state index contributed by atoms with van der Waals surface area (Å²) in [5, 5.41) is 3.59. The van der Waals surface area contributed by atoms with Gasteiger partial charge in [0, 0.05) is 70.3 Å². The lowest BCUT2D eigenvalue weighted by atomic mass is 9.78. The van der Waals surface area contributed by atoms with Crippen molar-refractivity contribution in [1.82, 2.24) is 20.1 Å². The molecule has 0 spiro atoms. The molecule has 42 heavy (non-hydrogen) atoms. The molecule has 4 aliphatic rings. The molecule has 2 unspecified atom stereocenters. The minimum atomic E-state index is -4.58. The molecule has 4 heterocycles. The Labute approximate surface area is 238 Å². The van der Waals surface area contributed by atoms with E-state index in [2.05, 4.69) is 10.3 Å². The molecule has 1 aliphatic carbocycles. The second kappa shape index (κ2) is 11.8. The van der Waals surface area contributed by atoms with Crippen molar-refractivity contribution in [2.45, 2.75) is 69.2 Å². The lowest BCUT2D eigenvalue weighted by Gasteiger charge is -2.37. The van der Waals surface area contributed by atoms with Crippen LogP contribution in [0.25, 0.3) is 0 Å². The van der Waals surface area contributed by atoms with Crippen LogP contribution >= 0.6 is 0 Å². The molecule has 3 fully saturated rings. The van der Waals surface area contributed by atoms with Gasteiger partial charge in [-0.3, -0.25) is 9.78 Å². The van der Waals surface area contributed by atoms with Crippen molar-refractivity contribution in [3.05, 3.63) is 29.1 Å². The minimum Gasteiger partial charge on any atom is -0.449 e. The number of methoxy groups -OCH3 is 1. The fourth-order valence-electron chi connectivity index (χ4n) is 6.82. The summed E-state index contributed by atoms with van der Waals surface area (Å²) in [5.41, 5.74) is -1.15. The van der Waals surface area contributed by atoms with Crippen LogP contribution in [0.1, 0.15) is 42.5 Å². The number of nitrogens with one attached hydrogen (secondary N) is 1. The second-order valence-corrected chi connectivity index (χ2v) is 11.6. The number of halogens is 6. The van der Waals surface area contributed by atoms with Gasteiger partial charge in [0.05, 0.1) is 30.1 Å². The number of nitrogens with zero attached hydrogens (tertiary/aromatic N) is 3. The molecule has 9 nitrogen and oxygen atoms in total. The Morgan fingerprint density at radius 2 is 2.00 bits per heavy atom. The zero-order chi connectivity index (χ0) is 30.3. The van der Waals surface area contributed by atoms with Gasteiger partial charge in [-0.1, -0.05) is 0 Å². The van der Waals surface area contributed by atoms with Gasteiger partial charge >= 0.3 is 18.4 Å². The van der Waals surface area contributed by atoms with Crippen LogP contribution in [0.5, 0.6) is 0 Å².